The number of benzene rings is 1. The molecule has 0 saturated heterocycles. The molecule has 0 unspecified atom stereocenters. The van der Waals surface area contributed by atoms with Crippen LogP contribution in [-0.4, -0.2) is 57.4 Å². The van der Waals surface area contributed by atoms with E-state index in [9.17, 15) is 18.0 Å². The Kier molecular flexibility index (Phi) is 7.85. The van der Waals surface area contributed by atoms with Crippen LogP contribution in [0.1, 0.15) is 64.5 Å². The summed E-state index contributed by atoms with van der Waals surface area (Å²) in [6.45, 7) is 2.90. The summed E-state index contributed by atoms with van der Waals surface area (Å²) in [5, 5.41) is 9.15. The Hall–Kier alpha value is -2.46. The molecule has 1 aliphatic carbocycles. The number of carbonyl (C=O) groups excluding carboxylic acids is 1. The van der Waals surface area contributed by atoms with Crippen LogP contribution in [0.3, 0.4) is 0 Å². The molecule has 0 bridgehead atoms. The highest BCUT2D eigenvalue weighted by molar-refractivity contribution is 7.11. The number of carbonyl (C=O) groups is 1. The second kappa shape index (κ2) is 11.1. The molecule has 1 saturated carbocycles. The van der Waals surface area contributed by atoms with Crippen molar-refractivity contribution in [2.24, 2.45) is 13.0 Å². The number of halogens is 3. The molecule has 6 nitrogen and oxygen atoms in total. The second-order valence-electron chi connectivity index (χ2n) is 10.5. The van der Waals surface area contributed by atoms with E-state index in [-0.39, 0.29) is 18.4 Å². The summed E-state index contributed by atoms with van der Waals surface area (Å²) in [7, 11) is 1.86. The zero-order valence-electron chi connectivity index (χ0n) is 21.2. The van der Waals surface area contributed by atoms with Gasteiger partial charge in [0.15, 0.2) is 0 Å². The molecule has 0 spiro atoms. The summed E-state index contributed by atoms with van der Waals surface area (Å²) >= 11 is 1.47. The number of hydrogen-bond donors (Lipinski definition) is 1. The lowest BCUT2D eigenvalue weighted by atomic mass is 9.84. The Morgan fingerprint density at radius 3 is 2.73 bits per heavy atom. The number of alkyl halides is 3. The van der Waals surface area contributed by atoms with Gasteiger partial charge < -0.3 is 10.2 Å². The van der Waals surface area contributed by atoms with Crippen molar-refractivity contribution in [2.45, 2.75) is 70.0 Å². The molecule has 37 heavy (non-hydrogen) atoms. The highest BCUT2D eigenvalue weighted by Gasteiger charge is 2.28. The van der Waals surface area contributed by atoms with Gasteiger partial charge in [-0.05, 0) is 63.1 Å². The third-order valence-electron chi connectivity index (χ3n) is 7.71. The first-order valence-corrected chi connectivity index (χ1v) is 14.0. The molecule has 10 heteroatoms. The van der Waals surface area contributed by atoms with Crippen molar-refractivity contribution < 1.29 is 18.0 Å². The largest absolute Gasteiger partial charge is 0.389 e. The zero-order valence-corrected chi connectivity index (χ0v) is 22.0. The second-order valence-corrected chi connectivity index (χ2v) is 11.6. The fourth-order valence-corrected chi connectivity index (χ4v) is 6.73. The summed E-state index contributed by atoms with van der Waals surface area (Å²) < 4.78 is 39.3. The van der Waals surface area contributed by atoms with Crippen molar-refractivity contribution in [3.63, 3.8) is 0 Å². The van der Waals surface area contributed by atoms with Gasteiger partial charge in [0.05, 0.1) is 21.8 Å². The first kappa shape index (κ1) is 26.2. The summed E-state index contributed by atoms with van der Waals surface area (Å²) in [4.78, 5) is 21.1. The number of aryl methyl sites for hydroxylation is 2. The summed E-state index contributed by atoms with van der Waals surface area (Å²) in [6, 6.07) is 5.88. The Morgan fingerprint density at radius 2 is 1.95 bits per heavy atom. The van der Waals surface area contributed by atoms with Crippen LogP contribution in [-0.2, 0) is 26.3 Å². The van der Waals surface area contributed by atoms with Crippen molar-refractivity contribution in [2.75, 3.05) is 19.6 Å². The van der Waals surface area contributed by atoms with Gasteiger partial charge in [-0.25, -0.2) is 4.98 Å². The molecule has 200 valence electrons. The summed E-state index contributed by atoms with van der Waals surface area (Å²) in [6.07, 6.45) is 4.05. The normalized spacial score (nSPS) is 21.1. The molecule has 5 rings (SSSR count). The maximum atomic E-state index is 12.9. The average molecular weight is 534 g/mol. The van der Waals surface area contributed by atoms with E-state index in [2.05, 4.69) is 20.3 Å². The van der Waals surface area contributed by atoms with Gasteiger partial charge in [0.25, 0.3) is 5.91 Å². The fourth-order valence-electron chi connectivity index (χ4n) is 5.63. The molecule has 3 aromatic rings. The lowest BCUT2D eigenvalue weighted by Gasteiger charge is -2.30. The van der Waals surface area contributed by atoms with Gasteiger partial charge in [-0.1, -0.05) is 6.07 Å². The maximum absolute atomic E-state index is 12.9. The maximum Gasteiger partial charge on any atom is 0.389 e. The predicted molar refractivity (Wildman–Crippen MR) is 139 cm³/mol. The molecule has 1 amide bonds. The number of aromatic nitrogens is 3. The number of nitrogens with zero attached hydrogens (tertiary/aromatic N) is 4. The number of fused-ring (bicyclic) bond motifs is 2. The Bertz CT molecular complexity index is 1200. The standard InChI is InChI=1S/C27H34F3N5OS/c1-34-17-21-20(3-2-4-22(21)33-34)26(36)31-19-7-5-18(6-8-19)10-14-35-15-11-23-24(12-16-35)37-25(32-23)9-13-27(28,29)30/h2-4,17-19H,5-16H2,1H3,(H,31,36)/t18-,19-. The molecule has 2 aromatic heterocycles. The Balaban J connectivity index is 1.04. The monoisotopic (exact) mass is 533 g/mol. The average Bonchev–Trinajstić information content (AvgIpc) is 3.39. The summed E-state index contributed by atoms with van der Waals surface area (Å²) in [5.41, 5.74) is 2.52. The van der Waals surface area contributed by atoms with Crippen molar-refractivity contribution >= 4 is 28.1 Å². The first-order valence-electron chi connectivity index (χ1n) is 13.2. The lowest BCUT2D eigenvalue weighted by Crippen LogP contribution is -2.38. The van der Waals surface area contributed by atoms with Crippen molar-refractivity contribution in [3.8, 4) is 0 Å². The number of rotatable bonds is 7. The molecular formula is C27H34F3N5OS. The topological polar surface area (TPSA) is 63.1 Å². The number of nitrogens with one attached hydrogen (secondary N) is 1. The van der Waals surface area contributed by atoms with Crippen molar-refractivity contribution in [3.05, 3.63) is 45.5 Å². The highest BCUT2D eigenvalue weighted by Crippen LogP contribution is 2.30. The van der Waals surface area contributed by atoms with Crippen LogP contribution < -0.4 is 5.32 Å². The molecule has 0 atom stereocenters. The van der Waals surface area contributed by atoms with Crippen molar-refractivity contribution in [1.29, 1.82) is 0 Å². The smallest absolute Gasteiger partial charge is 0.349 e. The van der Waals surface area contributed by atoms with Crippen LogP contribution in [0.4, 0.5) is 13.2 Å². The van der Waals surface area contributed by atoms with E-state index in [1.807, 2.05) is 31.4 Å². The minimum Gasteiger partial charge on any atom is -0.349 e. The molecule has 1 N–H and O–H groups in total. The first-order chi connectivity index (χ1) is 17.7. The molecule has 1 fully saturated rings. The lowest BCUT2D eigenvalue weighted by molar-refractivity contribution is -0.134. The number of hydrogen-bond acceptors (Lipinski definition) is 5. The molecule has 1 aliphatic heterocycles. The van der Waals surface area contributed by atoms with Crippen LogP contribution >= 0.6 is 11.3 Å². The van der Waals surface area contributed by atoms with E-state index in [0.29, 0.717) is 16.5 Å². The van der Waals surface area contributed by atoms with Crippen LogP contribution in [0.5, 0.6) is 0 Å². The molecule has 3 heterocycles. The van der Waals surface area contributed by atoms with Gasteiger partial charge in [-0.15, -0.1) is 11.3 Å². The van der Waals surface area contributed by atoms with Gasteiger partial charge >= 0.3 is 6.18 Å². The van der Waals surface area contributed by atoms with E-state index in [1.165, 1.54) is 11.3 Å². The Labute approximate surface area is 219 Å². The van der Waals surface area contributed by atoms with Crippen LogP contribution in [0, 0.1) is 5.92 Å². The van der Waals surface area contributed by atoms with E-state index < -0.39 is 12.6 Å². The van der Waals surface area contributed by atoms with E-state index in [1.54, 1.807) is 4.68 Å². The fraction of sp³-hybridized carbons (Fsp3) is 0.593. The molecule has 0 radical (unpaired) electrons. The van der Waals surface area contributed by atoms with Gasteiger partial charge in [0, 0.05) is 61.9 Å². The van der Waals surface area contributed by atoms with E-state index in [4.69, 9.17) is 0 Å². The van der Waals surface area contributed by atoms with Gasteiger partial charge in [0.1, 0.15) is 0 Å². The van der Waals surface area contributed by atoms with E-state index in [0.717, 1.165) is 86.1 Å². The Morgan fingerprint density at radius 1 is 1.16 bits per heavy atom. The van der Waals surface area contributed by atoms with Crippen LogP contribution in [0.25, 0.3) is 10.9 Å². The van der Waals surface area contributed by atoms with Gasteiger partial charge in [-0.2, -0.15) is 18.3 Å². The molecule has 1 aromatic carbocycles. The third kappa shape index (κ3) is 6.71. The van der Waals surface area contributed by atoms with Gasteiger partial charge in [0.2, 0.25) is 0 Å². The summed E-state index contributed by atoms with van der Waals surface area (Å²) in [5.74, 6) is 0.647. The van der Waals surface area contributed by atoms with Crippen LogP contribution in [0.2, 0.25) is 0 Å². The zero-order chi connectivity index (χ0) is 26.0. The van der Waals surface area contributed by atoms with Gasteiger partial charge in [-0.3, -0.25) is 9.48 Å². The van der Waals surface area contributed by atoms with Crippen molar-refractivity contribution in [1.82, 2.24) is 25.0 Å². The third-order valence-corrected chi connectivity index (χ3v) is 8.93. The number of thiazole rings is 1. The quantitative estimate of drug-likeness (QED) is 0.448. The highest BCUT2D eigenvalue weighted by atomic mass is 32.1. The SMILES string of the molecule is Cn1cc2c(C(=O)N[C@H]3CC[C@H](CCN4CCc5nc(CCC(F)(F)F)sc5CC4)CC3)cccc2n1. The van der Waals surface area contributed by atoms with Crippen LogP contribution in [0.15, 0.2) is 24.4 Å². The molecular weight excluding hydrogens is 499 g/mol. The molecule has 2 aliphatic rings. The van der Waals surface area contributed by atoms with E-state index >= 15 is 0 Å². The number of amides is 1. The minimum absolute atomic E-state index is 0.00679. The predicted octanol–water partition coefficient (Wildman–Crippen LogP) is 5.30. The minimum atomic E-state index is -4.13.